The van der Waals surface area contributed by atoms with Crippen LogP contribution in [0.1, 0.15) is 30.0 Å². The van der Waals surface area contributed by atoms with E-state index in [1.165, 1.54) is 12.6 Å². The van der Waals surface area contributed by atoms with Gasteiger partial charge in [-0.15, -0.1) is 0 Å². The molecule has 8 heteroatoms. The lowest BCUT2D eigenvalue weighted by atomic mass is 9.92. The van der Waals surface area contributed by atoms with Crippen LogP contribution in [-0.4, -0.2) is 50.8 Å². The zero-order valence-corrected chi connectivity index (χ0v) is 17.5. The molecule has 3 aromatic heterocycles. The van der Waals surface area contributed by atoms with Crippen molar-refractivity contribution in [3.8, 4) is 0 Å². The Morgan fingerprint density at radius 2 is 1.97 bits per heavy atom. The summed E-state index contributed by atoms with van der Waals surface area (Å²) in [6.07, 6.45) is 5.69. The Labute approximate surface area is 174 Å². The summed E-state index contributed by atoms with van der Waals surface area (Å²) in [7, 11) is 3.09. The molecule has 1 aliphatic heterocycles. The van der Waals surface area contributed by atoms with Crippen molar-refractivity contribution in [1.29, 1.82) is 0 Å². The van der Waals surface area contributed by atoms with E-state index in [0.29, 0.717) is 30.1 Å². The fourth-order valence-electron chi connectivity index (χ4n) is 4.12. The topological polar surface area (TPSA) is 82.2 Å². The number of rotatable bonds is 6. The van der Waals surface area contributed by atoms with Crippen LogP contribution in [0.3, 0.4) is 0 Å². The molecule has 1 aliphatic rings. The van der Waals surface area contributed by atoms with E-state index in [0.717, 1.165) is 42.7 Å². The number of fused-ring (bicyclic) bond motifs is 1. The maximum absolute atomic E-state index is 12.6. The standard InChI is InChI=1S/C22H27N5O3/c1-25-21(28)18-5-6-19(24-20(18)27(22(25)29)12-13-30-2)17-7-10-26(11-8-17)15-16-4-3-9-23-14-16/h3-6,9,14,17H,7-8,10-13,15H2,1-2H3. The fraction of sp³-hybridized carbons (Fsp3) is 0.455. The highest BCUT2D eigenvalue weighted by atomic mass is 16.5. The van der Waals surface area contributed by atoms with Gasteiger partial charge in [-0.1, -0.05) is 6.07 Å². The van der Waals surface area contributed by atoms with Gasteiger partial charge in [0, 0.05) is 44.7 Å². The van der Waals surface area contributed by atoms with Crippen molar-refractivity contribution < 1.29 is 4.74 Å². The van der Waals surface area contributed by atoms with Crippen molar-refractivity contribution in [2.24, 2.45) is 7.05 Å². The van der Waals surface area contributed by atoms with Crippen molar-refractivity contribution in [2.45, 2.75) is 31.8 Å². The number of aromatic nitrogens is 4. The minimum absolute atomic E-state index is 0.311. The second-order valence-electron chi connectivity index (χ2n) is 7.81. The van der Waals surface area contributed by atoms with Gasteiger partial charge in [-0.25, -0.2) is 9.78 Å². The first-order valence-electron chi connectivity index (χ1n) is 10.3. The molecular weight excluding hydrogens is 382 g/mol. The zero-order chi connectivity index (χ0) is 21.1. The molecule has 0 saturated carbocycles. The summed E-state index contributed by atoms with van der Waals surface area (Å²) in [6.45, 7) is 3.60. The van der Waals surface area contributed by atoms with E-state index in [1.54, 1.807) is 17.9 Å². The zero-order valence-electron chi connectivity index (χ0n) is 17.5. The molecule has 0 aromatic carbocycles. The van der Waals surface area contributed by atoms with Gasteiger partial charge in [0.15, 0.2) is 0 Å². The van der Waals surface area contributed by atoms with Crippen LogP contribution in [0.5, 0.6) is 0 Å². The predicted octanol–water partition coefficient (Wildman–Crippen LogP) is 1.52. The Morgan fingerprint density at radius 1 is 1.17 bits per heavy atom. The second kappa shape index (κ2) is 8.89. The fourth-order valence-corrected chi connectivity index (χ4v) is 4.12. The highest BCUT2D eigenvalue weighted by Gasteiger charge is 2.23. The first kappa shape index (κ1) is 20.4. The van der Waals surface area contributed by atoms with Gasteiger partial charge < -0.3 is 4.74 Å². The Hall–Kier alpha value is -2.84. The van der Waals surface area contributed by atoms with Crippen LogP contribution in [0.4, 0.5) is 0 Å². The Kier molecular flexibility index (Phi) is 6.06. The Morgan fingerprint density at radius 3 is 2.67 bits per heavy atom. The van der Waals surface area contributed by atoms with Gasteiger partial charge in [-0.2, -0.15) is 0 Å². The minimum Gasteiger partial charge on any atom is -0.383 e. The number of hydrogen-bond donors (Lipinski definition) is 0. The maximum atomic E-state index is 12.6. The van der Waals surface area contributed by atoms with Crippen LogP contribution in [0.15, 0.2) is 46.2 Å². The normalized spacial score (nSPS) is 15.7. The molecule has 0 spiro atoms. The molecule has 4 heterocycles. The number of piperidine rings is 1. The number of methoxy groups -OCH3 is 1. The number of likely N-dealkylation sites (tertiary alicyclic amines) is 1. The monoisotopic (exact) mass is 409 g/mol. The number of hydrogen-bond acceptors (Lipinski definition) is 6. The smallest absolute Gasteiger partial charge is 0.332 e. The molecule has 0 aliphatic carbocycles. The van der Waals surface area contributed by atoms with E-state index < -0.39 is 0 Å². The quantitative estimate of drug-likeness (QED) is 0.614. The van der Waals surface area contributed by atoms with Gasteiger partial charge in [0.05, 0.1) is 18.5 Å². The largest absolute Gasteiger partial charge is 0.383 e. The first-order chi connectivity index (χ1) is 14.6. The molecule has 1 fully saturated rings. The minimum atomic E-state index is -0.361. The average molecular weight is 409 g/mol. The highest BCUT2D eigenvalue weighted by Crippen LogP contribution is 2.28. The molecule has 0 amide bonds. The highest BCUT2D eigenvalue weighted by molar-refractivity contribution is 5.74. The lowest BCUT2D eigenvalue weighted by Gasteiger charge is -2.31. The molecule has 4 rings (SSSR count). The van der Waals surface area contributed by atoms with Gasteiger partial charge in [0.1, 0.15) is 5.65 Å². The van der Waals surface area contributed by atoms with Crippen LogP contribution in [-0.2, 0) is 24.9 Å². The Bertz CT molecular complexity index is 1130. The molecule has 8 nitrogen and oxygen atoms in total. The summed E-state index contributed by atoms with van der Waals surface area (Å²) in [6, 6.07) is 7.82. The molecular formula is C22H27N5O3. The molecule has 30 heavy (non-hydrogen) atoms. The summed E-state index contributed by atoms with van der Waals surface area (Å²) in [5.74, 6) is 0.314. The molecule has 0 atom stereocenters. The van der Waals surface area contributed by atoms with Gasteiger partial charge in [-0.3, -0.25) is 23.8 Å². The van der Waals surface area contributed by atoms with E-state index >= 15 is 0 Å². The molecule has 0 radical (unpaired) electrons. The SMILES string of the molecule is COCCn1c(=O)n(C)c(=O)c2ccc(C3CCN(Cc4cccnc4)CC3)nc21. The van der Waals surface area contributed by atoms with Gasteiger partial charge in [0.25, 0.3) is 5.56 Å². The third-order valence-corrected chi connectivity index (χ3v) is 5.86. The maximum Gasteiger partial charge on any atom is 0.332 e. The number of pyridine rings is 2. The van der Waals surface area contributed by atoms with Crippen molar-refractivity contribution in [1.82, 2.24) is 24.0 Å². The summed E-state index contributed by atoms with van der Waals surface area (Å²) in [4.78, 5) is 36.6. The summed E-state index contributed by atoms with van der Waals surface area (Å²) in [5, 5.41) is 0.464. The van der Waals surface area contributed by atoms with Crippen molar-refractivity contribution >= 4 is 11.0 Å². The molecule has 0 N–H and O–H groups in total. The van der Waals surface area contributed by atoms with Gasteiger partial charge in [-0.05, 0) is 49.7 Å². The van der Waals surface area contributed by atoms with Crippen LogP contribution in [0, 0.1) is 0 Å². The van der Waals surface area contributed by atoms with E-state index in [1.807, 2.05) is 24.4 Å². The van der Waals surface area contributed by atoms with Crippen molar-refractivity contribution in [3.05, 3.63) is 68.8 Å². The molecule has 3 aromatic rings. The van der Waals surface area contributed by atoms with E-state index in [-0.39, 0.29) is 11.2 Å². The van der Waals surface area contributed by atoms with Crippen LogP contribution >= 0.6 is 0 Å². The van der Waals surface area contributed by atoms with Crippen LogP contribution in [0.25, 0.3) is 11.0 Å². The molecule has 0 unspecified atom stereocenters. The summed E-state index contributed by atoms with van der Waals surface area (Å²) < 4.78 is 7.82. The second-order valence-corrected chi connectivity index (χ2v) is 7.81. The third-order valence-electron chi connectivity index (χ3n) is 5.86. The van der Waals surface area contributed by atoms with Crippen LogP contribution < -0.4 is 11.2 Å². The summed E-state index contributed by atoms with van der Waals surface area (Å²) >= 11 is 0. The van der Waals surface area contributed by atoms with Crippen molar-refractivity contribution in [2.75, 3.05) is 26.8 Å². The van der Waals surface area contributed by atoms with Gasteiger partial charge in [0.2, 0.25) is 0 Å². The van der Waals surface area contributed by atoms with E-state index in [2.05, 4.69) is 16.0 Å². The van der Waals surface area contributed by atoms with Crippen molar-refractivity contribution in [3.63, 3.8) is 0 Å². The summed E-state index contributed by atoms with van der Waals surface area (Å²) in [5.41, 5.74) is 1.95. The number of ether oxygens (including phenoxy) is 1. The average Bonchev–Trinajstić information content (AvgIpc) is 2.78. The number of nitrogens with zero attached hydrogens (tertiary/aromatic N) is 5. The lowest BCUT2D eigenvalue weighted by molar-refractivity contribution is 0.186. The molecule has 158 valence electrons. The van der Waals surface area contributed by atoms with E-state index in [9.17, 15) is 9.59 Å². The third kappa shape index (κ3) is 4.06. The van der Waals surface area contributed by atoms with Crippen LogP contribution in [0.2, 0.25) is 0 Å². The lowest BCUT2D eigenvalue weighted by Crippen LogP contribution is -2.39. The molecule has 1 saturated heterocycles. The predicted molar refractivity (Wildman–Crippen MR) is 115 cm³/mol. The van der Waals surface area contributed by atoms with Gasteiger partial charge >= 0.3 is 5.69 Å². The van der Waals surface area contributed by atoms with E-state index in [4.69, 9.17) is 9.72 Å². The first-order valence-corrected chi connectivity index (χ1v) is 10.3. The molecule has 0 bridgehead atoms. The Balaban J connectivity index is 1.57.